The summed E-state index contributed by atoms with van der Waals surface area (Å²) >= 11 is 3.32. The van der Waals surface area contributed by atoms with Gasteiger partial charge in [-0.1, -0.05) is 41.1 Å². The van der Waals surface area contributed by atoms with Crippen LogP contribution >= 0.6 is 15.9 Å². The minimum Gasteiger partial charge on any atom is -0.489 e. The molecule has 0 fully saturated rings. The quantitative estimate of drug-likeness (QED) is 0.866. The molecule has 0 aliphatic heterocycles. The van der Waals surface area contributed by atoms with E-state index in [0.29, 0.717) is 11.1 Å². The van der Waals surface area contributed by atoms with E-state index in [1.807, 2.05) is 24.3 Å². The van der Waals surface area contributed by atoms with E-state index in [9.17, 15) is 4.39 Å². The van der Waals surface area contributed by atoms with Crippen LogP contribution in [-0.2, 0) is 6.61 Å². The molecule has 0 bridgehead atoms. The predicted octanol–water partition coefficient (Wildman–Crippen LogP) is 4.58. The molecule has 4 heteroatoms. The van der Waals surface area contributed by atoms with Crippen molar-refractivity contribution >= 4 is 15.9 Å². The van der Waals surface area contributed by atoms with Crippen LogP contribution in [0.4, 0.5) is 4.39 Å². The van der Waals surface area contributed by atoms with Crippen LogP contribution in [0.1, 0.15) is 30.5 Å². The minimum absolute atomic E-state index is 0.0651. The fourth-order valence-electron chi connectivity index (χ4n) is 1.85. The van der Waals surface area contributed by atoms with Gasteiger partial charge in [-0.2, -0.15) is 0 Å². The van der Waals surface area contributed by atoms with Gasteiger partial charge >= 0.3 is 0 Å². The number of hydrogen-bond donors (Lipinski definition) is 1. The maximum Gasteiger partial charge on any atom is 0.124 e. The average Bonchev–Trinajstić information content (AvgIpc) is 2.46. The van der Waals surface area contributed by atoms with E-state index >= 15 is 0 Å². The van der Waals surface area contributed by atoms with Gasteiger partial charge < -0.3 is 10.5 Å². The third-order valence-corrected chi connectivity index (χ3v) is 3.90. The second kappa shape index (κ2) is 6.86. The zero-order valence-corrected chi connectivity index (χ0v) is 12.9. The smallest absolute Gasteiger partial charge is 0.124 e. The summed E-state index contributed by atoms with van der Waals surface area (Å²) in [6.07, 6.45) is 0.905. The molecule has 0 saturated heterocycles. The molecular formula is C16H17BrFNO. The van der Waals surface area contributed by atoms with Gasteiger partial charge in [-0.15, -0.1) is 0 Å². The van der Waals surface area contributed by atoms with Gasteiger partial charge in [0.15, 0.2) is 0 Å². The summed E-state index contributed by atoms with van der Waals surface area (Å²) in [6, 6.07) is 12.4. The van der Waals surface area contributed by atoms with E-state index in [-0.39, 0.29) is 11.9 Å². The van der Waals surface area contributed by atoms with Gasteiger partial charge in [0.1, 0.15) is 18.2 Å². The number of benzene rings is 2. The molecule has 2 rings (SSSR count). The fourth-order valence-corrected chi connectivity index (χ4v) is 2.31. The van der Waals surface area contributed by atoms with Crippen molar-refractivity contribution in [1.29, 1.82) is 0 Å². The highest BCUT2D eigenvalue weighted by Crippen LogP contribution is 2.22. The predicted molar refractivity (Wildman–Crippen MR) is 82.1 cm³/mol. The van der Waals surface area contributed by atoms with Gasteiger partial charge in [-0.05, 0) is 36.2 Å². The first-order valence-electron chi connectivity index (χ1n) is 6.52. The number of halogens is 2. The third-order valence-electron chi connectivity index (χ3n) is 3.16. The molecule has 0 radical (unpaired) electrons. The Morgan fingerprint density at radius 1 is 1.20 bits per heavy atom. The molecule has 2 aromatic rings. The summed E-state index contributed by atoms with van der Waals surface area (Å²) in [7, 11) is 0. The molecule has 20 heavy (non-hydrogen) atoms. The first-order chi connectivity index (χ1) is 9.60. The number of rotatable bonds is 5. The molecule has 2 aromatic carbocycles. The highest BCUT2D eigenvalue weighted by atomic mass is 79.9. The molecule has 0 aliphatic carbocycles. The van der Waals surface area contributed by atoms with Crippen LogP contribution in [0.3, 0.4) is 0 Å². The van der Waals surface area contributed by atoms with Crippen molar-refractivity contribution in [3.63, 3.8) is 0 Å². The number of ether oxygens (including phenoxy) is 1. The molecule has 106 valence electrons. The first kappa shape index (κ1) is 15.0. The van der Waals surface area contributed by atoms with Gasteiger partial charge in [-0.3, -0.25) is 0 Å². The summed E-state index contributed by atoms with van der Waals surface area (Å²) in [5.74, 6) is 0.506. The zero-order valence-electron chi connectivity index (χ0n) is 11.3. The largest absolute Gasteiger partial charge is 0.489 e. The molecule has 0 aromatic heterocycles. The van der Waals surface area contributed by atoms with Crippen LogP contribution in [0.5, 0.6) is 5.75 Å². The third kappa shape index (κ3) is 3.81. The standard InChI is InChI=1S/C16H17BrFNO/c1-2-16(19)11-4-7-14(8-5-11)20-10-12-3-6-13(18)9-15(12)17/h3-9,16H,2,10,19H2,1H3. The Bertz CT molecular complexity index is 571. The fraction of sp³-hybridized carbons (Fsp3) is 0.250. The normalized spacial score (nSPS) is 12.2. The monoisotopic (exact) mass is 337 g/mol. The van der Waals surface area contributed by atoms with Crippen molar-refractivity contribution in [2.75, 3.05) is 0 Å². The Balaban J connectivity index is 2.00. The Labute approximate surface area is 126 Å². The topological polar surface area (TPSA) is 35.2 Å². The summed E-state index contributed by atoms with van der Waals surface area (Å²) in [6.45, 7) is 2.45. The van der Waals surface area contributed by atoms with E-state index in [4.69, 9.17) is 10.5 Å². The SMILES string of the molecule is CCC(N)c1ccc(OCc2ccc(F)cc2Br)cc1. The Kier molecular flexibility index (Phi) is 5.15. The average molecular weight is 338 g/mol. The van der Waals surface area contributed by atoms with Crippen molar-refractivity contribution in [2.45, 2.75) is 26.0 Å². The zero-order chi connectivity index (χ0) is 14.5. The molecule has 0 aliphatic rings. The van der Waals surface area contributed by atoms with E-state index in [0.717, 1.165) is 23.3 Å². The Morgan fingerprint density at radius 3 is 2.50 bits per heavy atom. The molecule has 2 nitrogen and oxygen atoms in total. The van der Waals surface area contributed by atoms with Crippen LogP contribution in [0.15, 0.2) is 46.9 Å². The van der Waals surface area contributed by atoms with E-state index in [1.54, 1.807) is 6.07 Å². The molecule has 2 N–H and O–H groups in total. The first-order valence-corrected chi connectivity index (χ1v) is 7.31. The summed E-state index contributed by atoms with van der Waals surface area (Å²) in [4.78, 5) is 0. The molecule has 0 spiro atoms. The molecule has 1 atom stereocenters. The number of hydrogen-bond acceptors (Lipinski definition) is 2. The van der Waals surface area contributed by atoms with Gasteiger partial charge in [0.05, 0.1) is 0 Å². The molecule has 0 heterocycles. The lowest BCUT2D eigenvalue weighted by atomic mass is 10.1. The lowest BCUT2D eigenvalue weighted by molar-refractivity contribution is 0.305. The van der Waals surface area contributed by atoms with Crippen molar-refractivity contribution in [3.05, 3.63) is 63.9 Å². The summed E-state index contributed by atoms with van der Waals surface area (Å²) < 4.78 is 19.4. The lowest BCUT2D eigenvalue weighted by Gasteiger charge is -2.11. The Morgan fingerprint density at radius 2 is 1.90 bits per heavy atom. The van der Waals surface area contributed by atoms with Crippen LogP contribution < -0.4 is 10.5 Å². The highest BCUT2D eigenvalue weighted by Gasteiger charge is 2.05. The second-order valence-electron chi connectivity index (χ2n) is 4.61. The minimum atomic E-state index is -0.265. The van der Waals surface area contributed by atoms with E-state index < -0.39 is 0 Å². The van der Waals surface area contributed by atoms with Crippen molar-refractivity contribution in [2.24, 2.45) is 5.73 Å². The van der Waals surface area contributed by atoms with Crippen LogP contribution in [-0.4, -0.2) is 0 Å². The van der Waals surface area contributed by atoms with E-state index in [1.165, 1.54) is 12.1 Å². The van der Waals surface area contributed by atoms with Crippen LogP contribution in [0.2, 0.25) is 0 Å². The van der Waals surface area contributed by atoms with Crippen molar-refractivity contribution in [3.8, 4) is 5.75 Å². The van der Waals surface area contributed by atoms with Gasteiger partial charge in [0.25, 0.3) is 0 Å². The maximum absolute atomic E-state index is 13.0. The van der Waals surface area contributed by atoms with Crippen LogP contribution in [0, 0.1) is 5.82 Å². The maximum atomic E-state index is 13.0. The molecule has 0 saturated carbocycles. The van der Waals surface area contributed by atoms with Crippen LogP contribution in [0.25, 0.3) is 0 Å². The lowest BCUT2D eigenvalue weighted by Crippen LogP contribution is -2.08. The molecule has 1 unspecified atom stereocenters. The van der Waals surface area contributed by atoms with Crippen molar-refractivity contribution < 1.29 is 9.13 Å². The van der Waals surface area contributed by atoms with E-state index in [2.05, 4.69) is 22.9 Å². The summed E-state index contributed by atoms with van der Waals surface area (Å²) in [5.41, 5.74) is 7.96. The number of nitrogens with two attached hydrogens (primary N) is 1. The van der Waals surface area contributed by atoms with Gasteiger partial charge in [0, 0.05) is 16.1 Å². The molecule has 0 amide bonds. The second-order valence-corrected chi connectivity index (χ2v) is 5.46. The van der Waals surface area contributed by atoms with Crippen molar-refractivity contribution in [1.82, 2.24) is 0 Å². The summed E-state index contributed by atoms with van der Waals surface area (Å²) in [5, 5.41) is 0. The van der Waals surface area contributed by atoms with Gasteiger partial charge in [-0.25, -0.2) is 4.39 Å². The van der Waals surface area contributed by atoms with Gasteiger partial charge in [0.2, 0.25) is 0 Å². The Hall–Kier alpha value is -1.39. The molecular weight excluding hydrogens is 321 g/mol. The highest BCUT2D eigenvalue weighted by molar-refractivity contribution is 9.10.